The Hall–Kier alpha value is -2.70. The van der Waals surface area contributed by atoms with Gasteiger partial charge in [-0.1, -0.05) is 32.6 Å². The van der Waals surface area contributed by atoms with Gasteiger partial charge in [0.2, 0.25) is 0 Å². The molecule has 0 N–H and O–H groups in total. The largest absolute Gasteiger partial charge is 0.465 e. The van der Waals surface area contributed by atoms with E-state index in [4.69, 9.17) is 14.2 Å². The first-order chi connectivity index (χ1) is 14.5. The van der Waals surface area contributed by atoms with E-state index in [0.717, 1.165) is 0 Å². The second kappa shape index (κ2) is 8.44. The van der Waals surface area contributed by atoms with Crippen LogP contribution in [0.3, 0.4) is 0 Å². The molecule has 31 heavy (non-hydrogen) atoms. The molecule has 1 aliphatic heterocycles. The number of ketones is 1. The maximum absolute atomic E-state index is 13.0. The summed E-state index contributed by atoms with van der Waals surface area (Å²) in [4.78, 5) is 48.1. The van der Waals surface area contributed by atoms with Gasteiger partial charge in [-0.15, -0.1) is 0 Å². The van der Waals surface area contributed by atoms with Crippen LogP contribution in [0.4, 0.5) is 0 Å². The summed E-state index contributed by atoms with van der Waals surface area (Å²) in [5.41, 5.74) is -0.168. The maximum atomic E-state index is 13.0. The van der Waals surface area contributed by atoms with Crippen molar-refractivity contribution in [3.05, 3.63) is 36.0 Å². The Morgan fingerprint density at radius 2 is 1.97 bits per heavy atom. The topological polar surface area (TPSA) is 96.0 Å². The first kappa shape index (κ1) is 23.0. The standard InChI is InChI=1S/C24H30O7/c1-14-18(7-6-17-9-11-29-22(17)28)23(4)10-8-21(31-16(3)26)24(5,13-30-15(2)25)20(23)12-19(14)27/h6-7,9,18,20-21H,1,8,10-13H2,2-5H3/b7-6+. The Labute approximate surface area is 182 Å². The highest BCUT2D eigenvalue weighted by Gasteiger charge is 2.60. The van der Waals surface area contributed by atoms with Crippen LogP contribution in [-0.4, -0.2) is 43.0 Å². The summed E-state index contributed by atoms with van der Waals surface area (Å²) in [5, 5.41) is 0. The third-order valence-corrected chi connectivity index (χ3v) is 7.22. The van der Waals surface area contributed by atoms with Crippen LogP contribution in [0.25, 0.3) is 0 Å². The summed E-state index contributed by atoms with van der Waals surface area (Å²) >= 11 is 0. The summed E-state index contributed by atoms with van der Waals surface area (Å²) in [6, 6.07) is 0. The Morgan fingerprint density at radius 1 is 1.26 bits per heavy atom. The molecule has 0 spiro atoms. The zero-order chi connectivity index (χ0) is 23.0. The van der Waals surface area contributed by atoms with E-state index < -0.39 is 28.9 Å². The lowest BCUT2D eigenvalue weighted by Gasteiger charge is -2.59. The maximum Gasteiger partial charge on any atom is 0.338 e. The summed E-state index contributed by atoms with van der Waals surface area (Å²) in [5.74, 6) is -1.80. The number of carbonyl (C=O) groups is 4. The van der Waals surface area contributed by atoms with E-state index in [2.05, 4.69) is 13.5 Å². The highest BCUT2D eigenvalue weighted by molar-refractivity contribution is 5.97. The van der Waals surface area contributed by atoms with Crippen molar-refractivity contribution in [2.75, 3.05) is 13.2 Å². The van der Waals surface area contributed by atoms with Crippen molar-refractivity contribution in [3.63, 3.8) is 0 Å². The SMILES string of the molecule is C=C1C(=O)CC2C(C)(COC(C)=O)C(OC(C)=O)CCC2(C)C1/C=C/C1=CCOC1=O. The molecule has 0 radical (unpaired) electrons. The number of fused-ring (bicyclic) bond motifs is 1. The predicted octanol–water partition coefficient (Wildman–Crippen LogP) is 3.09. The van der Waals surface area contributed by atoms with Crippen LogP contribution < -0.4 is 0 Å². The first-order valence-electron chi connectivity index (χ1n) is 10.6. The molecule has 0 amide bonds. The van der Waals surface area contributed by atoms with Crippen LogP contribution in [0.5, 0.6) is 0 Å². The van der Waals surface area contributed by atoms with E-state index in [0.29, 0.717) is 24.0 Å². The van der Waals surface area contributed by atoms with Gasteiger partial charge in [-0.3, -0.25) is 14.4 Å². The molecule has 0 aromatic heterocycles. The number of rotatable bonds is 5. The van der Waals surface area contributed by atoms with Crippen LogP contribution in [-0.2, 0) is 33.4 Å². The van der Waals surface area contributed by atoms with Gasteiger partial charge >= 0.3 is 17.9 Å². The van der Waals surface area contributed by atoms with Crippen LogP contribution in [0.15, 0.2) is 36.0 Å². The van der Waals surface area contributed by atoms with E-state index in [9.17, 15) is 19.2 Å². The van der Waals surface area contributed by atoms with E-state index in [1.807, 2.05) is 13.0 Å². The fraction of sp³-hybridized carbons (Fsp3) is 0.583. The van der Waals surface area contributed by atoms with Crippen LogP contribution in [0.1, 0.15) is 47.0 Å². The molecule has 5 atom stereocenters. The van der Waals surface area contributed by atoms with Crippen molar-refractivity contribution in [1.29, 1.82) is 0 Å². The van der Waals surface area contributed by atoms with Crippen molar-refractivity contribution < 1.29 is 33.4 Å². The summed E-state index contributed by atoms with van der Waals surface area (Å²) in [7, 11) is 0. The van der Waals surface area contributed by atoms with E-state index in [1.165, 1.54) is 13.8 Å². The molecule has 7 nitrogen and oxygen atoms in total. The number of carbonyl (C=O) groups excluding carboxylic acids is 4. The molecular formula is C24H30O7. The van der Waals surface area contributed by atoms with Gasteiger partial charge in [0.1, 0.15) is 19.3 Å². The van der Waals surface area contributed by atoms with Crippen molar-refractivity contribution in [2.45, 2.75) is 53.1 Å². The van der Waals surface area contributed by atoms with Gasteiger partial charge in [0, 0.05) is 31.6 Å². The number of allylic oxidation sites excluding steroid dienone is 2. The van der Waals surface area contributed by atoms with Crippen molar-refractivity contribution in [2.24, 2.45) is 22.7 Å². The minimum atomic E-state index is -0.738. The molecule has 5 unspecified atom stereocenters. The van der Waals surface area contributed by atoms with Gasteiger partial charge in [0.05, 0.1) is 5.57 Å². The number of hydrogen-bond acceptors (Lipinski definition) is 7. The fourth-order valence-corrected chi connectivity index (χ4v) is 5.54. The average Bonchev–Trinajstić information content (AvgIpc) is 3.10. The first-order valence-corrected chi connectivity index (χ1v) is 10.6. The zero-order valence-corrected chi connectivity index (χ0v) is 18.6. The Bertz CT molecular complexity index is 882. The number of Topliss-reactive ketones (excluding diaryl/α,β-unsaturated/α-hetero) is 1. The smallest absolute Gasteiger partial charge is 0.338 e. The second-order valence-electron chi connectivity index (χ2n) is 9.23. The minimum absolute atomic E-state index is 0.0498. The Morgan fingerprint density at radius 3 is 2.55 bits per heavy atom. The molecule has 2 fully saturated rings. The highest BCUT2D eigenvalue weighted by Crippen LogP contribution is 2.61. The highest BCUT2D eigenvalue weighted by atomic mass is 16.6. The molecule has 168 valence electrons. The molecule has 2 saturated carbocycles. The lowest BCUT2D eigenvalue weighted by molar-refractivity contribution is -0.189. The number of cyclic esters (lactones) is 1. The van der Waals surface area contributed by atoms with Crippen LogP contribution in [0, 0.1) is 22.7 Å². The molecule has 3 aliphatic rings. The molecule has 0 bridgehead atoms. The van der Waals surface area contributed by atoms with E-state index in [-0.39, 0.29) is 43.2 Å². The number of esters is 3. The number of hydrogen-bond donors (Lipinski definition) is 0. The van der Waals surface area contributed by atoms with Gasteiger partial charge in [-0.05, 0) is 35.8 Å². The third kappa shape index (κ3) is 4.23. The normalized spacial score (nSPS) is 35.4. The zero-order valence-electron chi connectivity index (χ0n) is 18.6. The minimum Gasteiger partial charge on any atom is -0.465 e. The molecule has 2 aliphatic carbocycles. The van der Waals surface area contributed by atoms with Crippen molar-refractivity contribution >= 4 is 23.7 Å². The summed E-state index contributed by atoms with van der Waals surface area (Å²) in [6.45, 7) is 11.1. The summed E-state index contributed by atoms with van der Waals surface area (Å²) in [6.07, 6.45) is 6.29. The molecule has 7 heteroatoms. The third-order valence-electron chi connectivity index (χ3n) is 7.22. The van der Waals surface area contributed by atoms with Crippen LogP contribution in [0.2, 0.25) is 0 Å². The predicted molar refractivity (Wildman–Crippen MR) is 112 cm³/mol. The fourth-order valence-electron chi connectivity index (χ4n) is 5.54. The Balaban J connectivity index is 2.00. The molecule has 0 aromatic rings. The molecule has 0 saturated heterocycles. The van der Waals surface area contributed by atoms with Crippen LogP contribution >= 0.6 is 0 Å². The Kier molecular flexibility index (Phi) is 6.25. The van der Waals surface area contributed by atoms with E-state index >= 15 is 0 Å². The van der Waals surface area contributed by atoms with Crippen molar-refractivity contribution in [3.8, 4) is 0 Å². The molecule has 3 rings (SSSR count). The second-order valence-corrected chi connectivity index (χ2v) is 9.23. The summed E-state index contributed by atoms with van der Waals surface area (Å²) < 4.78 is 16.0. The lowest BCUT2D eigenvalue weighted by Crippen LogP contribution is -2.59. The average molecular weight is 430 g/mol. The monoisotopic (exact) mass is 430 g/mol. The molecule has 1 heterocycles. The lowest BCUT2D eigenvalue weighted by atomic mass is 9.46. The molecular weight excluding hydrogens is 400 g/mol. The quantitative estimate of drug-likeness (QED) is 0.376. The van der Waals surface area contributed by atoms with Gasteiger partial charge in [0.15, 0.2) is 5.78 Å². The molecule has 0 aromatic carbocycles. The van der Waals surface area contributed by atoms with Gasteiger partial charge in [-0.2, -0.15) is 0 Å². The van der Waals surface area contributed by atoms with Gasteiger partial charge in [0.25, 0.3) is 0 Å². The van der Waals surface area contributed by atoms with Gasteiger partial charge in [-0.25, -0.2) is 4.79 Å². The van der Waals surface area contributed by atoms with Crippen molar-refractivity contribution in [1.82, 2.24) is 0 Å². The van der Waals surface area contributed by atoms with E-state index in [1.54, 1.807) is 12.2 Å². The number of ether oxygens (including phenoxy) is 3. The van der Waals surface area contributed by atoms with Gasteiger partial charge < -0.3 is 14.2 Å².